The third-order valence-corrected chi connectivity index (χ3v) is 2.91. The standard InChI is InChI=1S/C14H15F3N2O/c1-2-18-13(8-11-4-3-7-20-11)12-6-5-10(9-19-12)14(15,16)17/h3-7,9,13,18H,2,8H2,1H3. The second-order valence-electron chi connectivity index (χ2n) is 4.36. The van der Waals surface area contributed by atoms with Crippen molar-refractivity contribution in [3.05, 3.63) is 53.7 Å². The first-order valence-electron chi connectivity index (χ1n) is 6.29. The first kappa shape index (κ1) is 14.6. The second kappa shape index (κ2) is 6.09. The molecule has 0 aliphatic heterocycles. The lowest BCUT2D eigenvalue weighted by Gasteiger charge is -2.17. The fourth-order valence-electron chi connectivity index (χ4n) is 1.94. The van der Waals surface area contributed by atoms with Crippen LogP contribution in [-0.4, -0.2) is 11.5 Å². The maximum absolute atomic E-state index is 12.5. The predicted octanol–water partition coefficient (Wildman–Crippen LogP) is 3.59. The summed E-state index contributed by atoms with van der Waals surface area (Å²) < 4.78 is 42.8. The molecule has 0 spiro atoms. The molecule has 6 heteroatoms. The SMILES string of the molecule is CCNC(Cc1ccco1)c1ccc(C(F)(F)F)cn1. The van der Waals surface area contributed by atoms with Crippen molar-refractivity contribution in [1.29, 1.82) is 0 Å². The highest BCUT2D eigenvalue weighted by Crippen LogP contribution is 2.29. The van der Waals surface area contributed by atoms with Crippen molar-refractivity contribution < 1.29 is 17.6 Å². The van der Waals surface area contributed by atoms with Crippen LogP contribution in [0.5, 0.6) is 0 Å². The summed E-state index contributed by atoms with van der Waals surface area (Å²) in [5.74, 6) is 0.762. The van der Waals surface area contributed by atoms with Gasteiger partial charge in [0.15, 0.2) is 0 Å². The van der Waals surface area contributed by atoms with Crippen LogP contribution in [0.3, 0.4) is 0 Å². The number of hydrogen-bond acceptors (Lipinski definition) is 3. The van der Waals surface area contributed by atoms with Crippen molar-refractivity contribution in [2.24, 2.45) is 0 Å². The number of hydrogen-bond donors (Lipinski definition) is 1. The van der Waals surface area contributed by atoms with Crippen molar-refractivity contribution in [3.8, 4) is 0 Å². The van der Waals surface area contributed by atoms with Crippen LogP contribution in [0.1, 0.15) is 30.0 Å². The molecule has 0 aromatic carbocycles. The zero-order valence-electron chi connectivity index (χ0n) is 10.9. The van der Waals surface area contributed by atoms with E-state index in [4.69, 9.17) is 4.42 Å². The Hall–Kier alpha value is -1.82. The number of aromatic nitrogens is 1. The lowest BCUT2D eigenvalue weighted by Crippen LogP contribution is -2.24. The van der Waals surface area contributed by atoms with Gasteiger partial charge in [-0.25, -0.2) is 0 Å². The molecule has 108 valence electrons. The topological polar surface area (TPSA) is 38.1 Å². The van der Waals surface area contributed by atoms with Crippen LogP contribution in [0, 0.1) is 0 Å². The number of alkyl halides is 3. The number of nitrogens with one attached hydrogen (secondary N) is 1. The van der Waals surface area contributed by atoms with Gasteiger partial charge in [0.25, 0.3) is 0 Å². The minimum absolute atomic E-state index is 0.173. The van der Waals surface area contributed by atoms with Gasteiger partial charge >= 0.3 is 6.18 Å². The Morgan fingerprint density at radius 1 is 1.30 bits per heavy atom. The van der Waals surface area contributed by atoms with Gasteiger partial charge in [0, 0.05) is 12.6 Å². The van der Waals surface area contributed by atoms with Gasteiger partial charge in [0.1, 0.15) is 5.76 Å². The molecule has 1 unspecified atom stereocenters. The van der Waals surface area contributed by atoms with Gasteiger partial charge in [-0.3, -0.25) is 4.98 Å². The quantitative estimate of drug-likeness (QED) is 0.912. The molecular weight excluding hydrogens is 269 g/mol. The minimum atomic E-state index is -4.36. The molecule has 0 bridgehead atoms. The van der Waals surface area contributed by atoms with Gasteiger partial charge < -0.3 is 9.73 Å². The van der Waals surface area contributed by atoms with Crippen molar-refractivity contribution in [2.45, 2.75) is 25.6 Å². The van der Waals surface area contributed by atoms with Crippen LogP contribution < -0.4 is 5.32 Å². The Bertz CT molecular complexity index is 520. The summed E-state index contributed by atoms with van der Waals surface area (Å²) in [6.45, 7) is 2.62. The Balaban J connectivity index is 2.17. The van der Waals surface area contributed by atoms with Crippen LogP contribution in [0.4, 0.5) is 13.2 Å². The van der Waals surface area contributed by atoms with E-state index < -0.39 is 11.7 Å². The Morgan fingerprint density at radius 2 is 2.10 bits per heavy atom. The fourth-order valence-corrected chi connectivity index (χ4v) is 1.94. The van der Waals surface area contributed by atoms with Crippen LogP contribution in [0.15, 0.2) is 41.1 Å². The van der Waals surface area contributed by atoms with E-state index in [1.807, 2.05) is 13.0 Å². The van der Waals surface area contributed by atoms with Crippen LogP contribution in [-0.2, 0) is 12.6 Å². The van der Waals surface area contributed by atoms with E-state index in [9.17, 15) is 13.2 Å². The maximum atomic E-state index is 12.5. The van der Waals surface area contributed by atoms with E-state index in [2.05, 4.69) is 10.3 Å². The second-order valence-corrected chi connectivity index (χ2v) is 4.36. The first-order valence-corrected chi connectivity index (χ1v) is 6.29. The molecule has 3 nitrogen and oxygen atoms in total. The van der Waals surface area contributed by atoms with Crippen LogP contribution in [0.2, 0.25) is 0 Å². The molecule has 2 aromatic heterocycles. The van der Waals surface area contributed by atoms with E-state index in [1.54, 1.807) is 12.3 Å². The van der Waals surface area contributed by atoms with E-state index in [0.717, 1.165) is 18.0 Å². The number of likely N-dealkylation sites (N-methyl/N-ethyl adjacent to an activating group) is 1. The van der Waals surface area contributed by atoms with Crippen molar-refractivity contribution in [2.75, 3.05) is 6.54 Å². The third-order valence-electron chi connectivity index (χ3n) is 2.91. The summed E-state index contributed by atoms with van der Waals surface area (Å²) in [4.78, 5) is 3.92. The van der Waals surface area contributed by atoms with Gasteiger partial charge in [-0.15, -0.1) is 0 Å². The lowest BCUT2D eigenvalue weighted by atomic mass is 10.1. The molecule has 1 atom stereocenters. The summed E-state index contributed by atoms with van der Waals surface area (Å²) in [6, 6.07) is 5.88. The average molecular weight is 284 g/mol. The monoisotopic (exact) mass is 284 g/mol. The van der Waals surface area contributed by atoms with Crippen molar-refractivity contribution in [3.63, 3.8) is 0 Å². The zero-order chi connectivity index (χ0) is 14.6. The molecule has 20 heavy (non-hydrogen) atoms. The fraction of sp³-hybridized carbons (Fsp3) is 0.357. The molecular formula is C14H15F3N2O. The van der Waals surface area contributed by atoms with Crippen LogP contribution in [0.25, 0.3) is 0 Å². The summed E-state index contributed by atoms with van der Waals surface area (Å²) in [7, 11) is 0. The average Bonchev–Trinajstić information content (AvgIpc) is 2.90. The third kappa shape index (κ3) is 3.60. The predicted molar refractivity (Wildman–Crippen MR) is 68.1 cm³/mol. The largest absolute Gasteiger partial charge is 0.469 e. The van der Waals surface area contributed by atoms with Crippen LogP contribution >= 0.6 is 0 Å². The van der Waals surface area contributed by atoms with Gasteiger partial charge in [-0.2, -0.15) is 13.2 Å². The van der Waals surface area contributed by atoms with E-state index >= 15 is 0 Å². The highest BCUT2D eigenvalue weighted by atomic mass is 19.4. The number of nitrogens with zero attached hydrogens (tertiary/aromatic N) is 1. The Kier molecular flexibility index (Phi) is 4.44. The van der Waals surface area contributed by atoms with Gasteiger partial charge in [0.2, 0.25) is 0 Å². The molecule has 2 heterocycles. The maximum Gasteiger partial charge on any atom is 0.417 e. The molecule has 0 fully saturated rings. The number of rotatable bonds is 5. The molecule has 0 aliphatic rings. The Labute approximate surface area is 114 Å². The Morgan fingerprint density at radius 3 is 2.60 bits per heavy atom. The number of pyridine rings is 1. The van der Waals surface area contributed by atoms with E-state index in [-0.39, 0.29) is 6.04 Å². The molecule has 1 N–H and O–H groups in total. The normalized spacial score (nSPS) is 13.4. The summed E-state index contributed by atoms with van der Waals surface area (Å²) >= 11 is 0. The summed E-state index contributed by atoms with van der Waals surface area (Å²) in [6.07, 6.45) is -1.39. The molecule has 2 aromatic rings. The highest BCUT2D eigenvalue weighted by molar-refractivity contribution is 5.20. The summed E-state index contributed by atoms with van der Waals surface area (Å²) in [5.41, 5.74) is -0.175. The van der Waals surface area contributed by atoms with E-state index in [0.29, 0.717) is 18.7 Å². The first-order chi connectivity index (χ1) is 9.50. The van der Waals surface area contributed by atoms with Gasteiger partial charge in [-0.1, -0.05) is 6.92 Å². The highest BCUT2D eigenvalue weighted by Gasteiger charge is 2.31. The molecule has 0 amide bonds. The van der Waals surface area contributed by atoms with Gasteiger partial charge in [-0.05, 0) is 30.8 Å². The van der Waals surface area contributed by atoms with Gasteiger partial charge in [0.05, 0.1) is 23.6 Å². The number of furan rings is 1. The lowest BCUT2D eigenvalue weighted by molar-refractivity contribution is -0.137. The zero-order valence-corrected chi connectivity index (χ0v) is 10.9. The molecule has 0 saturated carbocycles. The van der Waals surface area contributed by atoms with Crippen molar-refractivity contribution in [1.82, 2.24) is 10.3 Å². The molecule has 0 saturated heterocycles. The summed E-state index contributed by atoms with van der Waals surface area (Å²) in [5, 5.41) is 3.19. The molecule has 2 rings (SSSR count). The smallest absolute Gasteiger partial charge is 0.417 e. The molecule has 0 radical (unpaired) electrons. The van der Waals surface area contributed by atoms with E-state index in [1.165, 1.54) is 6.07 Å². The van der Waals surface area contributed by atoms with Crippen molar-refractivity contribution >= 4 is 0 Å². The minimum Gasteiger partial charge on any atom is -0.469 e. The molecule has 0 aliphatic carbocycles. The number of halogens is 3.